The summed E-state index contributed by atoms with van der Waals surface area (Å²) in [5, 5.41) is 6.00. The number of allylic oxidation sites excluding steroid dienone is 2. The molecule has 2 N–H and O–H groups in total. The van der Waals surface area contributed by atoms with Gasteiger partial charge in [-0.1, -0.05) is 23.3 Å². The number of carbonyl (C=O) groups excluding carboxylic acids is 2. The van der Waals surface area contributed by atoms with Crippen molar-refractivity contribution in [2.24, 2.45) is 0 Å². The SMILES string of the molecule is O=C(CCCCC(=O)NCCC1=CCCCC1)NCCC1=CCCCC1. The lowest BCUT2D eigenvalue weighted by molar-refractivity contribution is -0.123. The third-order valence-electron chi connectivity index (χ3n) is 5.36. The minimum absolute atomic E-state index is 0.117. The Balaban J connectivity index is 1.42. The molecular formula is C22H36N2O2. The van der Waals surface area contributed by atoms with E-state index in [1.54, 1.807) is 0 Å². The summed E-state index contributed by atoms with van der Waals surface area (Å²) in [6.45, 7) is 1.50. The molecule has 4 heteroatoms. The van der Waals surface area contributed by atoms with E-state index in [0.717, 1.165) is 38.8 Å². The van der Waals surface area contributed by atoms with Crippen molar-refractivity contribution in [2.45, 2.75) is 89.9 Å². The van der Waals surface area contributed by atoms with E-state index < -0.39 is 0 Å². The summed E-state index contributed by atoms with van der Waals surface area (Å²) >= 11 is 0. The van der Waals surface area contributed by atoms with Crippen molar-refractivity contribution in [3.05, 3.63) is 23.3 Å². The zero-order valence-corrected chi connectivity index (χ0v) is 16.3. The van der Waals surface area contributed by atoms with Crippen molar-refractivity contribution in [3.63, 3.8) is 0 Å². The van der Waals surface area contributed by atoms with E-state index in [1.807, 2.05) is 0 Å². The highest BCUT2D eigenvalue weighted by Crippen LogP contribution is 2.20. The maximum Gasteiger partial charge on any atom is 0.220 e. The van der Waals surface area contributed by atoms with E-state index in [1.165, 1.54) is 62.5 Å². The standard InChI is InChI=1S/C22H36N2O2/c25-21(23-17-15-19-9-3-1-4-10-19)13-7-8-14-22(26)24-18-16-20-11-5-2-6-12-20/h9,11H,1-8,10,12-18H2,(H,23,25)(H,24,26). The number of unbranched alkanes of at least 4 members (excludes halogenated alkanes) is 1. The molecule has 0 saturated heterocycles. The van der Waals surface area contributed by atoms with Gasteiger partial charge in [-0.05, 0) is 77.0 Å². The van der Waals surface area contributed by atoms with E-state index in [-0.39, 0.29) is 11.8 Å². The van der Waals surface area contributed by atoms with Gasteiger partial charge in [-0.25, -0.2) is 0 Å². The summed E-state index contributed by atoms with van der Waals surface area (Å²) in [5.41, 5.74) is 2.99. The molecule has 0 radical (unpaired) electrons. The average molecular weight is 361 g/mol. The van der Waals surface area contributed by atoms with Gasteiger partial charge in [0.25, 0.3) is 0 Å². The summed E-state index contributed by atoms with van der Waals surface area (Å²) < 4.78 is 0. The molecule has 0 aromatic heterocycles. The maximum absolute atomic E-state index is 11.8. The van der Waals surface area contributed by atoms with Crippen LogP contribution in [-0.4, -0.2) is 24.9 Å². The Morgan fingerprint density at radius 1 is 0.731 bits per heavy atom. The summed E-state index contributed by atoms with van der Waals surface area (Å²) in [7, 11) is 0. The lowest BCUT2D eigenvalue weighted by Crippen LogP contribution is -2.25. The van der Waals surface area contributed by atoms with Gasteiger partial charge in [0.05, 0.1) is 0 Å². The number of amides is 2. The van der Waals surface area contributed by atoms with Crippen LogP contribution in [0.1, 0.15) is 89.9 Å². The molecule has 0 spiro atoms. The molecule has 0 unspecified atom stereocenters. The number of hydrogen-bond acceptors (Lipinski definition) is 2. The van der Waals surface area contributed by atoms with Gasteiger partial charge >= 0.3 is 0 Å². The van der Waals surface area contributed by atoms with Crippen LogP contribution in [0.25, 0.3) is 0 Å². The van der Waals surface area contributed by atoms with Gasteiger partial charge in [0.1, 0.15) is 0 Å². The lowest BCUT2D eigenvalue weighted by atomic mass is 9.97. The Hall–Kier alpha value is -1.58. The van der Waals surface area contributed by atoms with Crippen LogP contribution >= 0.6 is 0 Å². The Morgan fingerprint density at radius 3 is 1.58 bits per heavy atom. The molecule has 0 aromatic rings. The van der Waals surface area contributed by atoms with Crippen LogP contribution in [-0.2, 0) is 9.59 Å². The third kappa shape index (κ3) is 9.21. The highest BCUT2D eigenvalue weighted by atomic mass is 16.2. The molecule has 0 heterocycles. The van der Waals surface area contributed by atoms with Crippen molar-refractivity contribution < 1.29 is 9.59 Å². The minimum Gasteiger partial charge on any atom is -0.356 e. The second-order valence-corrected chi connectivity index (χ2v) is 7.62. The fourth-order valence-electron chi connectivity index (χ4n) is 3.74. The van der Waals surface area contributed by atoms with Crippen molar-refractivity contribution in [1.82, 2.24) is 10.6 Å². The summed E-state index contributed by atoms with van der Waals surface area (Å²) in [6, 6.07) is 0. The van der Waals surface area contributed by atoms with Crippen LogP contribution in [0.2, 0.25) is 0 Å². The summed E-state index contributed by atoms with van der Waals surface area (Å²) in [4.78, 5) is 23.7. The zero-order valence-electron chi connectivity index (χ0n) is 16.3. The molecule has 26 heavy (non-hydrogen) atoms. The second-order valence-electron chi connectivity index (χ2n) is 7.62. The number of nitrogens with one attached hydrogen (secondary N) is 2. The Labute approximate surface area is 158 Å². The average Bonchev–Trinajstić information content (AvgIpc) is 2.67. The van der Waals surface area contributed by atoms with E-state index in [0.29, 0.717) is 12.8 Å². The highest BCUT2D eigenvalue weighted by Gasteiger charge is 2.07. The van der Waals surface area contributed by atoms with E-state index in [9.17, 15) is 9.59 Å². The van der Waals surface area contributed by atoms with Crippen molar-refractivity contribution in [1.29, 1.82) is 0 Å². The lowest BCUT2D eigenvalue weighted by Gasteiger charge is -2.13. The summed E-state index contributed by atoms with van der Waals surface area (Å²) in [6.07, 6.45) is 19.3. The molecule has 2 aliphatic carbocycles. The van der Waals surface area contributed by atoms with E-state index >= 15 is 0 Å². The highest BCUT2D eigenvalue weighted by molar-refractivity contribution is 5.77. The first-order chi connectivity index (χ1) is 12.7. The van der Waals surface area contributed by atoms with Gasteiger partial charge in [-0.15, -0.1) is 0 Å². The first-order valence-corrected chi connectivity index (χ1v) is 10.6. The first kappa shape index (κ1) is 20.7. The van der Waals surface area contributed by atoms with Crippen molar-refractivity contribution in [2.75, 3.05) is 13.1 Å². The topological polar surface area (TPSA) is 58.2 Å². The molecule has 0 fully saturated rings. The fourth-order valence-corrected chi connectivity index (χ4v) is 3.74. The van der Waals surface area contributed by atoms with Crippen LogP contribution in [0, 0.1) is 0 Å². The van der Waals surface area contributed by atoms with Gasteiger partial charge in [0.2, 0.25) is 11.8 Å². The van der Waals surface area contributed by atoms with Crippen LogP contribution < -0.4 is 10.6 Å². The largest absolute Gasteiger partial charge is 0.356 e. The van der Waals surface area contributed by atoms with E-state index in [4.69, 9.17) is 0 Å². The van der Waals surface area contributed by atoms with Crippen LogP contribution in [0.4, 0.5) is 0 Å². The molecule has 0 saturated carbocycles. The predicted molar refractivity (Wildman–Crippen MR) is 107 cm³/mol. The Kier molecular flexibility index (Phi) is 10.1. The molecular weight excluding hydrogens is 324 g/mol. The fraction of sp³-hybridized carbons (Fsp3) is 0.727. The molecule has 2 rings (SSSR count). The Morgan fingerprint density at radius 2 is 1.19 bits per heavy atom. The normalized spacial score (nSPS) is 17.2. The first-order valence-electron chi connectivity index (χ1n) is 10.6. The molecule has 0 atom stereocenters. The maximum atomic E-state index is 11.8. The monoisotopic (exact) mass is 360 g/mol. The minimum atomic E-state index is 0.117. The van der Waals surface area contributed by atoms with Gasteiger partial charge in [0, 0.05) is 25.9 Å². The number of hydrogen-bond donors (Lipinski definition) is 2. The van der Waals surface area contributed by atoms with Crippen LogP contribution in [0.15, 0.2) is 23.3 Å². The van der Waals surface area contributed by atoms with Gasteiger partial charge < -0.3 is 10.6 Å². The third-order valence-corrected chi connectivity index (χ3v) is 5.36. The van der Waals surface area contributed by atoms with Gasteiger partial charge in [-0.3, -0.25) is 9.59 Å². The number of rotatable bonds is 11. The smallest absolute Gasteiger partial charge is 0.220 e. The summed E-state index contributed by atoms with van der Waals surface area (Å²) in [5.74, 6) is 0.233. The van der Waals surface area contributed by atoms with Crippen molar-refractivity contribution >= 4 is 11.8 Å². The molecule has 2 amide bonds. The molecule has 0 aromatic carbocycles. The zero-order chi connectivity index (χ0) is 18.5. The molecule has 0 aliphatic heterocycles. The molecule has 4 nitrogen and oxygen atoms in total. The van der Waals surface area contributed by atoms with Gasteiger partial charge in [0.15, 0.2) is 0 Å². The van der Waals surface area contributed by atoms with Gasteiger partial charge in [-0.2, -0.15) is 0 Å². The molecule has 0 bridgehead atoms. The van der Waals surface area contributed by atoms with Crippen LogP contribution in [0.5, 0.6) is 0 Å². The quantitative estimate of drug-likeness (QED) is 0.419. The molecule has 2 aliphatic rings. The number of carbonyl (C=O) groups is 2. The Bertz CT molecular complexity index is 462. The van der Waals surface area contributed by atoms with Crippen molar-refractivity contribution in [3.8, 4) is 0 Å². The van der Waals surface area contributed by atoms with E-state index in [2.05, 4.69) is 22.8 Å². The predicted octanol–water partition coefficient (Wildman–Crippen LogP) is 4.56. The molecule has 146 valence electrons. The second kappa shape index (κ2) is 12.7. The van der Waals surface area contributed by atoms with Crippen LogP contribution in [0.3, 0.4) is 0 Å².